The summed E-state index contributed by atoms with van der Waals surface area (Å²) in [5.74, 6) is -2.26. The molecule has 1 aliphatic heterocycles. The molecule has 0 aliphatic carbocycles. The van der Waals surface area contributed by atoms with E-state index in [1.807, 2.05) is 0 Å². The minimum Gasteiger partial charge on any atom is -0.545 e. The zero-order chi connectivity index (χ0) is 41.0. The average Bonchev–Trinajstić information content (AvgIpc) is 4.05. The van der Waals surface area contributed by atoms with Gasteiger partial charge in [-0.05, 0) is 73.8 Å². The number of nitrogens with zero attached hydrogens (tertiary/aromatic N) is 2. The van der Waals surface area contributed by atoms with E-state index in [4.69, 9.17) is 0 Å². The second kappa shape index (κ2) is 23.5. The second-order valence-electron chi connectivity index (χ2n) is 14.6. The summed E-state index contributed by atoms with van der Waals surface area (Å²) in [6.07, 6.45) is 0. The Morgan fingerprint density at radius 3 is 1.10 bits per heavy atom. The molecule has 0 spiro atoms. The Kier molecular flexibility index (Phi) is 17.6. The third-order valence-corrected chi connectivity index (χ3v) is 9.42. The van der Waals surface area contributed by atoms with Crippen LogP contribution in [0.15, 0.2) is 109 Å². The van der Waals surface area contributed by atoms with E-state index >= 15 is 0 Å². The maximum Gasteiger partial charge on any atom is 0.116 e. The van der Waals surface area contributed by atoms with Crippen LogP contribution in [0.3, 0.4) is 0 Å². The van der Waals surface area contributed by atoms with E-state index in [0.717, 1.165) is 78.5 Å². The molecule has 308 valence electrons. The predicted octanol–water partition coefficient (Wildman–Crippen LogP) is 0.383. The van der Waals surface area contributed by atoms with Crippen molar-refractivity contribution in [1.82, 2.24) is 40.4 Å². The topological polar surface area (TPSA) is 207 Å². The summed E-state index contributed by atoms with van der Waals surface area (Å²) in [5.41, 5.74) is 10.5. The molecule has 6 aromatic rings. The smallest absolute Gasteiger partial charge is 0.116 e. The lowest BCUT2D eigenvalue weighted by molar-refractivity contribution is -0.669. The number of carbonyl (C=O) groups excluding carboxylic acids is 2. The molecule has 0 saturated carbocycles. The lowest BCUT2D eigenvalue weighted by Crippen LogP contribution is -2.84. The number of nitrogens with two attached hydrogens (primary N) is 2. The number of nitrogens with one attached hydrogen (secondary N) is 6. The lowest BCUT2D eigenvalue weighted by Gasteiger charge is -2.15. The van der Waals surface area contributed by atoms with Gasteiger partial charge in [-0.15, -0.1) is 0 Å². The third kappa shape index (κ3) is 15.7. The van der Waals surface area contributed by atoms with Crippen molar-refractivity contribution in [3.8, 4) is 0 Å². The SMILES string of the molecule is CN1Cc2ccc([nH]2)CNCC[NH2+]Cc2ccc([nH]2)CN(C)Cc2ccc([nH]2)CNCC[NH2+]Cc2ccc([nH]2)C1.O=C([O-])c1ccccc1.O=C([O-])c1ccccc1. The standard InChI is InChI=1S/C30H46N10.2C7H6O2/c1-39-19-27-7-3-23(35-27)15-31-11-13-33-17-25-5-9-29(37-25)21-40(2)22-30-10-6-26(38-30)18-34-14-12-32-16-24-4-8-28(20-39)36-24;2*8-7(9)6-4-2-1-3-5-6/h3-10,31-38H,11-22H2,1-2H3;2*1-5H,(H,8,9). The minimum absolute atomic E-state index is 0.220. The number of carboxylic acid groups (broad SMARTS) is 2. The molecule has 2 aromatic carbocycles. The van der Waals surface area contributed by atoms with Crippen molar-refractivity contribution in [1.29, 1.82) is 0 Å². The number of aromatic carboxylic acids is 2. The fourth-order valence-corrected chi connectivity index (χ4v) is 6.57. The molecule has 0 amide bonds. The number of H-pyrrole nitrogens is 4. The maximum absolute atomic E-state index is 10.1. The van der Waals surface area contributed by atoms with Gasteiger partial charge in [0.2, 0.25) is 0 Å². The van der Waals surface area contributed by atoms with E-state index in [2.05, 4.69) is 114 Å². The number of aromatic amines is 4. The highest BCUT2D eigenvalue weighted by molar-refractivity contribution is 5.85. The van der Waals surface area contributed by atoms with Gasteiger partial charge >= 0.3 is 0 Å². The van der Waals surface area contributed by atoms with Crippen LogP contribution in [0.4, 0.5) is 0 Å². The number of aromatic nitrogens is 4. The van der Waals surface area contributed by atoms with Gasteiger partial charge in [0.15, 0.2) is 0 Å². The highest BCUT2D eigenvalue weighted by Crippen LogP contribution is 2.11. The van der Waals surface area contributed by atoms with Gasteiger partial charge in [0.1, 0.15) is 13.1 Å². The molecular weight excluding hydrogens is 733 g/mol. The van der Waals surface area contributed by atoms with Gasteiger partial charge in [-0.3, -0.25) is 9.80 Å². The van der Waals surface area contributed by atoms with Gasteiger partial charge in [0, 0.05) is 86.5 Å². The van der Waals surface area contributed by atoms with Crippen molar-refractivity contribution >= 4 is 11.9 Å². The summed E-state index contributed by atoms with van der Waals surface area (Å²) >= 11 is 0. The number of hydrogen-bond donors (Lipinski definition) is 8. The molecule has 4 aromatic heterocycles. The highest BCUT2D eigenvalue weighted by Gasteiger charge is 2.09. The van der Waals surface area contributed by atoms with Gasteiger partial charge in [-0.2, -0.15) is 0 Å². The van der Waals surface area contributed by atoms with Crippen LogP contribution in [0, 0.1) is 0 Å². The van der Waals surface area contributed by atoms with Crippen LogP contribution < -0.4 is 31.5 Å². The molecule has 0 saturated heterocycles. The summed E-state index contributed by atoms with van der Waals surface area (Å²) < 4.78 is 0. The van der Waals surface area contributed by atoms with Gasteiger partial charge in [-0.1, -0.05) is 60.7 Å². The van der Waals surface area contributed by atoms with Crippen molar-refractivity contribution in [3.63, 3.8) is 0 Å². The molecule has 0 unspecified atom stereocenters. The molecule has 0 radical (unpaired) electrons. The predicted molar refractivity (Wildman–Crippen MR) is 219 cm³/mol. The van der Waals surface area contributed by atoms with E-state index < -0.39 is 11.9 Å². The Bertz CT molecular complexity index is 1830. The maximum atomic E-state index is 10.1. The zero-order valence-corrected chi connectivity index (χ0v) is 33.6. The molecule has 0 fully saturated rings. The van der Waals surface area contributed by atoms with Crippen molar-refractivity contribution in [3.05, 3.63) is 166 Å². The fourth-order valence-electron chi connectivity index (χ4n) is 6.57. The molecule has 14 nitrogen and oxygen atoms in total. The molecule has 7 rings (SSSR count). The summed E-state index contributed by atoms with van der Waals surface area (Å²) in [7, 11) is 4.35. The molecule has 1 aliphatic rings. The first-order valence-electron chi connectivity index (χ1n) is 19.8. The van der Waals surface area contributed by atoms with E-state index in [1.54, 1.807) is 36.4 Å². The van der Waals surface area contributed by atoms with Gasteiger partial charge in [-0.25, -0.2) is 0 Å². The first kappa shape index (κ1) is 43.4. The second-order valence-corrected chi connectivity index (χ2v) is 14.6. The number of benzene rings is 2. The summed E-state index contributed by atoms with van der Waals surface area (Å²) in [5, 5.41) is 32.0. The number of rotatable bonds is 2. The molecule has 10 N–H and O–H groups in total. The molecule has 0 atom stereocenters. The summed E-state index contributed by atoms with van der Waals surface area (Å²) in [6, 6.07) is 33.8. The van der Waals surface area contributed by atoms with Crippen LogP contribution >= 0.6 is 0 Å². The number of carboxylic acids is 2. The van der Waals surface area contributed by atoms with Crippen molar-refractivity contribution < 1.29 is 30.4 Å². The van der Waals surface area contributed by atoms with Gasteiger partial charge in [0.25, 0.3) is 0 Å². The van der Waals surface area contributed by atoms with Crippen LogP contribution in [-0.2, 0) is 52.4 Å². The Hall–Kier alpha value is -5.74. The van der Waals surface area contributed by atoms with E-state index in [9.17, 15) is 19.8 Å². The summed E-state index contributed by atoms with van der Waals surface area (Å²) in [6.45, 7) is 11.3. The first-order valence-corrected chi connectivity index (χ1v) is 19.8. The largest absolute Gasteiger partial charge is 0.545 e. The molecule has 14 heteroatoms. The summed E-state index contributed by atoms with van der Waals surface area (Å²) in [4.78, 5) is 39.2. The number of hydrogen-bond acceptors (Lipinski definition) is 8. The van der Waals surface area contributed by atoms with Crippen molar-refractivity contribution in [2.24, 2.45) is 0 Å². The number of fused-ring (bicyclic) bond motifs is 8. The Morgan fingerprint density at radius 1 is 0.466 bits per heavy atom. The van der Waals surface area contributed by atoms with E-state index in [1.165, 1.54) is 69.8 Å². The Morgan fingerprint density at radius 2 is 0.776 bits per heavy atom. The monoisotopic (exact) mass is 790 g/mol. The highest BCUT2D eigenvalue weighted by atomic mass is 16.4. The van der Waals surface area contributed by atoms with Gasteiger partial charge < -0.3 is 61.0 Å². The van der Waals surface area contributed by atoms with Crippen LogP contribution in [0.5, 0.6) is 0 Å². The fraction of sp³-hybridized carbons (Fsp3) is 0.318. The van der Waals surface area contributed by atoms with Crippen molar-refractivity contribution in [2.75, 3.05) is 40.3 Å². The Labute approximate surface area is 340 Å². The number of carbonyl (C=O) groups is 2. The van der Waals surface area contributed by atoms with Crippen LogP contribution in [-0.4, -0.2) is 81.9 Å². The molecular formula is C44H58N10O4. The van der Waals surface area contributed by atoms with Gasteiger partial charge in [0.05, 0.1) is 36.4 Å². The minimum atomic E-state index is -1.13. The van der Waals surface area contributed by atoms with E-state index in [-0.39, 0.29) is 11.1 Å². The molecule has 58 heavy (non-hydrogen) atoms. The third-order valence-electron chi connectivity index (χ3n) is 9.42. The lowest BCUT2D eigenvalue weighted by atomic mass is 10.2. The Balaban J connectivity index is 0.000000291. The number of quaternary nitrogens is 2. The quantitative estimate of drug-likeness (QED) is 0.123. The van der Waals surface area contributed by atoms with Crippen LogP contribution in [0.2, 0.25) is 0 Å². The molecule has 8 bridgehead atoms. The average molecular weight is 791 g/mol. The van der Waals surface area contributed by atoms with Crippen LogP contribution in [0.1, 0.15) is 66.3 Å². The molecule has 5 heterocycles. The normalized spacial score (nSPS) is 15.5. The van der Waals surface area contributed by atoms with Crippen LogP contribution in [0.25, 0.3) is 0 Å². The zero-order valence-electron chi connectivity index (χ0n) is 33.6. The van der Waals surface area contributed by atoms with Crippen molar-refractivity contribution in [2.45, 2.75) is 52.4 Å². The first-order chi connectivity index (χ1) is 28.2. The van der Waals surface area contributed by atoms with E-state index in [0.29, 0.717) is 0 Å².